The van der Waals surface area contributed by atoms with E-state index in [-0.39, 0.29) is 19.2 Å². The van der Waals surface area contributed by atoms with Crippen LogP contribution in [0.25, 0.3) is 0 Å². The second kappa shape index (κ2) is 6.14. The molecule has 0 nitrogen and oxygen atoms in total. The molecule has 0 saturated carbocycles. The molecule has 1 radical (unpaired) electrons. The normalized spacial score (nSPS) is 9.88. The summed E-state index contributed by atoms with van der Waals surface area (Å²) in [5.41, 5.74) is 0. The van der Waals surface area contributed by atoms with Crippen LogP contribution in [0.5, 0.6) is 0 Å². The van der Waals surface area contributed by atoms with Gasteiger partial charge in [0.05, 0.1) is 0 Å². The minimum atomic E-state index is -0.298. The van der Waals surface area contributed by atoms with Crippen LogP contribution >= 0.6 is 9.29 Å². The van der Waals surface area contributed by atoms with Gasteiger partial charge >= 0.3 is 65.5 Å². The first-order chi connectivity index (χ1) is 3.85. The van der Waals surface area contributed by atoms with E-state index in [9.17, 15) is 0 Å². The van der Waals surface area contributed by atoms with Gasteiger partial charge in [0.15, 0.2) is 0 Å². The van der Waals surface area contributed by atoms with Gasteiger partial charge in [0.1, 0.15) is 0 Å². The van der Waals surface area contributed by atoms with Gasteiger partial charge in [-0.25, -0.2) is 0 Å². The first-order valence-corrected chi connectivity index (χ1v) is 9.12. The Labute approximate surface area is 65.4 Å². The number of hydrogen-bond acceptors (Lipinski definition) is 1. The van der Waals surface area contributed by atoms with Crippen LogP contribution < -0.4 is 0 Å². The number of hydrogen-bond donors (Lipinski definition) is 0. The van der Waals surface area contributed by atoms with Crippen LogP contribution in [0.15, 0.2) is 0 Å². The molecule has 0 amide bonds. The van der Waals surface area contributed by atoms with Crippen molar-refractivity contribution in [1.29, 1.82) is 0 Å². The molecule has 47 valence electrons. The summed E-state index contributed by atoms with van der Waals surface area (Å²) in [4.78, 5) is 0. The second-order valence-corrected chi connectivity index (χ2v) is 5.96. The van der Waals surface area contributed by atoms with Gasteiger partial charge < -0.3 is 0 Å². The van der Waals surface area contributed by atoms with Gasteiger partial charge in [-0.15, -0.1) is 0 Å². The molecule has 0 fully saturated rings. The molecule has 0 heterocycles. The van der Waals surface area contributed by atoms with Crippen LogP contribution in [0.2, 0.25) is 4.44 Å². The molecule has 0 atom stereocenters. The fraction of sp³-hybridized carbons (Fsp3) is 1.00. The van der Waals surface area contributed by atoms with Crippen LogP contribution in [-0.4, -0.2) is 19.2 Å². The zero-order valence-corrected chi connectivity index (χ0v) is 9.28. The van der Waals surface area contributed by atoms with E-state index < -0.39 is 0 Å². The zero-order valence-electron chi connectivity index (χ0n) is 5.61. The Morgan fingerprint density at radius 3 is 2.00 bits per heavy atom. The molecular formula is C6H13SSn. The predicted octanol–water partition coefficient (Wildman–Crippen LogP) is 2.66. The van der Waals surface area contributed by atoms with E-state index in [4.69, 9.17) is 9.29 Å². The standard InChI is InChI=1S/C6H13.S.Sn/c1-4-6(3)5-2;;/h6H,3-5H2,1-2H3;;. The Hall–Kier alpha value is 1.02. The van der Waals surface area contributed by atoms with Crippen molar-refractivity contribution in [1.82, 2.24) is 0 Å². The average Bonchev–Trinajstić information content (AvgIpc) is 1.83. The summed E-state index contributed by atoms with van der Waals surface area (Å²) in [7, 11) is 5.03. The topological polar surface area (TPSA) is 0 Å². The van der Waals surface area contributed by atoms with Gasteiger partial charge in [0, 0.05) is 0 Å². The molecule has 0 rings (SSSR count). The van der Waals surface area contributed by atoms with Gasteiger partial charge in [0.25, 0.3) is 0 Å². The van der Waals surface area contributed by atoms with Crippen LogP contribution in [0.1, 0.15) is 26.7 Å². The quantitative estimate of drug-likeness (QED) is 0.676. The predicted molar refractivity (Wildman–Crippen MR) is 42.2 cm³/mol. The molecule has 2 heteroatoms. The molecule has 0 unspecified atom stereocenters. The summed E-state index contributed by atoms with van der Waals surface area (Å²) in [6.45, 7) is 4.52. The Morgan fingerprint density at radius 2 is 1.88 bits per heavy atom. The molecule has 0 aliphatic heterocycles. The van der Waals surface area contributed by atoms with Crippen molar-refractivity contribution in [3.05, 3.63) is 0 Å². The summed E-state index contributed by atoms with van der Waals surface area (Å²) < 4.78 is 1.41. The van der Waals surface area contributed by atoms with Crippen LogP contribution in [0, 0.1) is 5.92 Å². The number of rotatable bonds is 4. The molecule has 0 aliphatic carbocycles. The van der Waals surface area contributed by atoms with Crippen molar-refractivity contribution in [3.63, 3.8) is 0 Å². The minimum absolute atomic E-state index is 0.298. The fourth-order valence-electron chi connectivity index (χ4n) is 0.695. The molecule has 8 heavy (non-hydrogen) atoms. The Morgan fingerprint density at radius 1 is 1.38 bits per heavy atom. The Balaban J connectivity index is 3.20. The first kappa shape index (κ1) is 9.02. The van der Waals surface area contributed by atoms with Crippen LogP contribution in [-0.2, 0) is 0 Å². The molecule has 0 spiro atoms. The van der Waals surface area contributed by atoms with Crippen molar-refractivity contribution in [2.75, 3.05) is 0 Å². The fourth-order valence-corrected chi connectivity index (χ4v) is 4.60. The molecule has 0 aliphatic rings. The Bertz CT molecular complexity index is 59.5. The molecule has 0 saturated heterocycles. The molecule has 0 aromatic heterocycles. The molecule has 0 bridgehead atoms. The zero-order chi connectivity index (χ0) is 6.41. The summed E-state index contributed by atoms with van der Waals surface area (Å²) in [6.07, 6.45) is 2.68. The summed E-state index contributed by atoms with van der Waals surface area (Å²) in [5.74, 6) is 0.971. The average molecular weight is 236 g/mol. The van der Waals surface area contributed by atoms with Gasteiger partial charge in [-0.05, 0) is 0 Å². The van der Waals surface area contributed by atoms with Gasteiger partial charge in [-0.3, -0.25) is 0 Å². The molecule has 0 aromatic carbocycles. The van der Waals surface area contributed by atoms with Gasteiger partial charge in [-0.1, -0.05) is 0 Å². The summed E-state index contributed by atoms with van der Waals surface area (Å²) in [5, 5.41) is 0. The monoisotopic (exact) mass is 237 g/mol. The SMILES string of the molecule is CCC(CC)[CH2][Sn]=[S]. The van der Waals surface area contributed by atoms with Crippen molar-refractivity contribution in [2.45, 2.75) is 31.1 Å². The summed E-state index contributed by atoms with van der Waals surface area (Å²) >= 11 is -0.298. The van der Waals surface area contributed by atoms with E-state index in [1.165, 1.54) is 17.3 Å². The van der Waals surface area contributed by atoms with Crippen molar-refractivity contribution >= 4 is 28.5 Å². The first-order valence-electron chi connectivity index (χ1n) is 3.20. The van der Waals surface area contributed by atoms with E-state index in [0.29, 0.717) is 0 Å². The third kappa shape index (κ3) is 3.95. The molecular weight excluding hydrogens is 223 g/mol. The third-order valence-electron chi connectivity index (χ3n) is 1.53. The van der Waals surface area contributed by atoms with Crippen molar-refractivity contribution in [2.24, 2.45) is 5.92 Å². The van der Waals surface area contributed by atoms with Gasteiger partial charge in [-0.2, -0.15) is 0 Å². The van der Waals surface area contributed by atoms with E-state index >= 15 is 0 Å². The second-order valence-electron chi connectivity index (χ2n) is 2.03. The van der Waals surface area contributed by atoms with E-state index in [1.807, 2.05) is 0 Å². The van der Waals surface area contributed by atoms with E-state index in [0.717, 1.165) is 5.92 Å². The maximum atomic E-state index is 5.03. The van der Waals surface area contributed by atoms with Crippen LogP contribution in [0.4, 0.5) is 0 Å². The van der Waals surface area contributed by atoms with E-state index in [1.54, 1.807) is 0 Å². The third-order valence-corrected chi connectivity index (χ3v) is 4.77. The molecule has 0 aromatic rings. The van der Waals surface area contributed by atoms with Gasteiger partial charge in [0.2, 0.25) is 0 Å². The Kier molecular flexibility index (Phi) is 6.93. The van der Waals surface area contributed by atoms with E-state index in [2.05, 4.69) is 13.8 Å². The summed E-state index contributed by atoms with van der Waals surface area (Å²) in [6, 6.07) is 0. The maximum absolute atomic E-state index is 5.03. The van der Waals surface area contributed by atoms with Crippen molar-refractivity contribution < 1.29 is 0 Å². The molecule has 0 N–H and O–H groups in total. The van der Waals surface area contributed by atoms with Crippen molar-refractivity contribution in [3.8, 4) is 0 Å². The van der Waals surface area contributed by atoms with Crippen LogP contribution in [0.3, 0.4) is 0 Å².